The van der Waals surface area contributed by atoms with Crippen LogP contribution in [0.1, 0.15) is 25.7 Å². The van der Waals surface area contributed by atoms with E-state index in [2.05, 4.69) is 5.32 Å². The average Bonchev–Trinajstić information content (AvgIpc) is 2.35. The predicted octanol–water partition coefficient (Wildman–Crippen LogP) is 2.56. The second kappa shape index (κ2) is 5.61. The Morgan fingerprint density at radius 2 is 2.00 bits per heavy atom. The Bertz CT molecular complexity index is 493. The molecule has 0 aliphatic heterocycles. The van der Waals surface area contributed by atoms with Crippen LogP contribution in [-0.2, 0) is 4.79 Å². The molecule has 1 aromatic carbocycles. The van der Waals surface area contributed by atoms with Crippen molar-refractivity contribution in [2.45, 2.75) is 31.7 Å². The number of carbonyl (C=O) groups excluding carboxylic acids is 1. The number of hydrogen-bond donors (Lipinski definition) is 2. The van der Waals surface area contributed by atoms with Crippen molar-refractivity contribution in [2.75, 3.05) is 5.32 Å². The van der Waals surface area contributed by atoms with Crippen LogP contribution in [0.15, 0.2) is 12.1 Å². The van der Waals surface area contributed by atoms with Gasteiger partial charge in [-0.3, -0.25) is 4.79 Å². The van der Waals surface area contributed by atoms with Gasteiger partial charge in [-0.25, -0.2) is 13.2 Å². The number of anilines is 1. The summed E-state index contributed by atoms with van der Waals surface area (Å²) in [5, 5.41) is 2.23. The first-order valence-corrected chi connectivity index (χ1v) is 6.18. The van der Waals surface area contributed by atoms with Crippen LogP contribution in [0.25, 0.3) is 0 Å². The lowest BCUT2D eigenvalue weighted by Gasteiger charge is -2.25. The molecular formula is C13H15F3N2O. The summed E-state index contributed by atoms with van der Waals surface area (Å²) in [6.07, 6.45) is 2.83. The Kier molecular flexibility index (Phi) is 4.09. The molecular weight excluding hydrogens is 257 g/mol. The van der Waals surface area contributed by atoms with Crippen molar-refractivity contribution >= 4 is 11.6 Å². The molecule has 0 bridgehead atoms. The van der Waals surface area contributed by atoms with E-state index in [1.807, 2.05) is 0 Å². The maximum atomic E-state index is 13.4. The molecule has 0 spiro atoms. The quantitative estimate of drug-likeness (QED) is 0.813. The number of amides is 1. The second-order valence-corrected chi connectivity index (χ2v) is 4.86. The van der Waals surface area contributed by atoms with Crippen LogP contribution in [0.5, 0.6) is 0 Å². The van der Waals surface area contributed by atoms with E-state index in [0.717, 1.165) is 18.9 Å². The topological polar surface area (TPSA) is 55.1 Å². The normalized spacial score (nSPS) is 23.2. The molecule has 2 unspecified atom stereocenters. The maximum Gasteiger partial charge on any atom is 0.227 e. The van der Waals surface area contributed by atoms with Gasteiger partial charge in [-0.1, -0.05) is 6.42 Å². The standard InChI is InChI=1S/C13H15F3N2O/c14-8-5-10(15)12(16)11(6-8)18-13(19)7-2-1-3-9(17)4-7/h5-7,9H,1-4,17H2,(H,18,19). The fourth-order valence-corrected chi connectivity index (χ4v) is 2.35. The van der Waals surface area contributed by atoms with Crippen LogP contribution in [0.4, 0.5) is 18.9 Å². The molecule has 1 aliphatic rings. The molecule has 1 fully saturated rings. The highest BCUT2D eigenvalue weighted by Gasteiger charge is 2.26. The molecule has 104 valence electrons. The Morgan fingerprint density at radius 1 is 1.26 bits per heavy atom. The minimum Gasteiger partial charge on any atom is -0.328 e. The van der Waals surface area contributed by atoms with Crippen LogP contribution < -0.4 is 11.1 Å². The molecule has 0 aromatic heterocycles. The lowest BCUT2D eigenvalue weighted by molar-refractivity contribution is -0.120. The number of rotatable bonds is 2. The van der Waals surface area contributed by atoms with Gasteiger partial charge in [-0.15, -0.1) is 0 Å². The predicted molar refractivity (Wildman–Crippen MR) is 64.9 cm³/mol. The van der Waals surface area contributed by atoms with Crippen LogP contribution in [0.3, 0.4) is 0 Å². The summed E-state index contributed by atoms with van der Waals surface area (Å²) in [6.45, 7) is 0. The summed E-state index contributed by atoms with van der Waals surface area (Å²) >= 11 is 0. The summed E-state index contributed by atoms with van der Waals surface area (Å²) < 4.78 is 39.4. The summed E-state index contributed by atoms with van der Waals surface area (Å²) in [4.78, 5) is 11.9. The molecule has 0 radical (unpaired) electrons. The third-order valence-corrected chi connectivity index (χ3v) is 3.34. The zero-order valence-electron chi connectivity index (χ0n) is 10.3. The van der Waals surface area contributed by atoms with Crippen molar-refractivity contribution in [3.05, 3.63) is 29.6 Å². The lowest BCUT2D eigenvalue weighted by Crippen LogP contribution is -2.34. The smallest absolute Gasteiger partial charge is 0.227 e. The van der Waals surface area contributed by atoms with E-state index in [9.17, 15) is 18.0 Å². The van der Waals surface area contributed by atoms with E-state index < -0.39 is 29.0 Å². The van der Waals surface area contributed by atoms with Crippen molar-refractivity contribution in [1.29, 1.82) is 0 Å². The SMILES string of the molecule is NC1CCCC(C(=O)Nc2cc(F)cc(F)c2F)C1. The molecule has 0 saturated heterocycles. The molecule has 3 N–H and O–H groups in total. The number of halogens is 3. The van der Waals surface area contributed by atoms with Gasteiger partial charge in [-0.05, 0) is 19.3 Å². The van der Waals surface area contributed by atoms with Crippen molar-refractivity contribution < 1.29 is 18.0 Å². The molecule has 3 nitrogen and oxygen atoms in total. The molecule has 2 rings (SSSR count). The van der Waals surface area contributed by atoms with Crippen molar-refractivity contribution in [3.63, 3.8) is 0 Å². The average molecular weight is 272 g/mol. The summed E-state index contributed by atoms with van der Waals surface area (Å²) in [5.74, 6) is -4.30. The highest BCUT2D eigenvalue weighted by Crippen LogP contribution is 2.26. The van der Waals surface area contributed by atoms with E-state index in [4.69, 9.17) is 5.73 Å². The first-order valence-electron chi connectivity index (χ1n) is 6.18. The van der Waals surface area contributed by atoms with E-state index in [-0.39, 0.29) is 12.0 Å². The first-order chi connectivity index (χ1) is 8.97. The van der Waals surface area contributed by atoms with Gasteiger partial charge in [0.15, 0.2) is 11.6 Å². The number of hydrogen-bond acceptors (Lipinski definition) is 2. The first kappa shape index (κ1) is 13.9. The summed E-state index contributed by atoms with van der Waals surface area (Å²) in [6, 6.07) is 1.14. The molecule has 0 heterocycles. The van der Waals surface area contributed by atoms with Gasteiger partial charge >= 0.3 is 0 Å². The summed E-state index contributed by atoms with van der Waals surface area (Å²) in [5.41, 5.74) is 5.29. The minimum atomic E-state index is -1.32. The summed E-state index contributed by atoms with van der Waals surface area (Å²) in [7, 11) is 0. The van der Waals surface area contributed by atoms with E-state index in [1.54, 1.807) is 0 Å². The lowest BCUT2D eigenvalue weighted by atomic mass is 9.85. The number of nitrogens with two attached hydrogens (primary N) is 1. The monoisotopic (exact) mass is 272 g/mol. The van der Waals surface area contributed by atoms with E-state index in [1.165, 1.54) is 0 Å². The Labute approximate surface area is 109 Å². The highest BCUT2D eigenvalue weighted by atomic mass is 19.2. The van der Waals surface area contributed by atoms with Crippen molar-refractivity contribution in [2.24, 2.45) is 11.7 Å². The highest BCUT2D eigenvalue weighted by molar-refractivity contribution is 5.92. The largest absolute Gasteiger partial charge is 0.328 e. The van der Waals surface area contributed by atoms with Crippen molar-refractivity contribution in [1.82, 2.24) is 0 Å². The number of benzene rings is 1. The van der Waals surface area contributed by atoms with Gasteiger partial charge in [0.05, 0.1) is 5.69 Å². The van der Waals surface area contributed by atoms with Gasteiger partial charge in [0, 0.05) is 24.1 Å². The minimum absolute atomic E-state index is 0.0569. The maximum absolute atomic E-state index is 13.4. The third kappa shape index (κ3) is 3.26. The fraction of sp³-hybridized carbons (Fsp3) is 0.462. The zero-order chi connectivity index (χ0) is 14.0. The molecule has 1 amide bonds. The van der Waals surface area contributed by atoms with Crippen molar-refractivity contribution in [3.8, 4) is 0 Å². The third-order valence-electron chi connectivity index (χ3n) is 3.34. The molecule has 6 heteroatoms. The van der Waals surface area contributed by atoms with E-state index >= 15 is 0 Å². The molecule has 1 aromatic rings. The Morgan fingerprint density at radius 3 is 2.68 bits per heavy atom. The zero-order valence-corrected chi connectivity index (χ0v) is 10.3. The van der Waals surface area contributed by atoms with E-state index in [0.29, 0.717) is 18.9 Å². The number of carbonyl (C=O) groups is 1. The van der Waals surface area contributed by atoms with Gasteiger partial charge in [-0.2, -0.15) is 0 Å². The van der Waals surface area contributed by atoms with Crippen LogP contribution in [-0.4, -0.2) is 11.9 Å². The van der Waals surface area contributed by atoms with Crippen LogP contribution in [0.2, 0.25) is 0 Å². The van der Waals surface area contributed by atoms with Gasteiger partial charge < -0.3 is 11.1 Å². The number of nitrogens with one attached hydrogen (secondary N) is 1. The molecule has 1 aliphatic carbocycles. The molecule has 1 saturated carbocycles. The fourth-order valence-electron chi connectivity index (χ4n) is 2.35. The molecule has 2 atom stereocenters. The Hall–Kier alpha value is -1.56. The van der Waals surface area contributed by atoms with Gasteiger partial charge in [0.2, 0.25) is 5.91 Å². The Balaban J connectivity index is 2.10. The van der Waals surface area contributed by atoms with Crippen LogP contribution in [0, 0.1) is 23.4 Å². The van der Waals surface area contributed by atoms with Crippen LogP contribution >= 0.6 is 0 Å². The van der Waals surface area contributed by atoms with Gasteiger partial charge in [0.25, 0.3) is 0 Å². The second-order valence-electron chi connectivity index (χ2n) is 4.86. The molecule has 19 heavy (non-hydrogen) atoms. The van der Waals surface area contributed by atoms with Gasteiger partial charge in [0.1, 0.15) is 5.82 Å².